The third kappa shape index (κ3) is 3.32. The number of benzene rings is 1. The summed E-state index contributed by atoms with van der Waals surface area (Å²) in [6.45, 7) is 0.320. The van der Waals surface area contributed by atoms with E-state index in [1.807, 2.05) is 17.5 Å². The van der Waals surface area contributed by atoms with Crippen LogP contribution < -0.4 is 0 Å². The molecule has 1 saturated heterocycles. The highest BCUT2D eigenvalue weighted by Crippen LogP contribution is 2.37. The molecule has 0 amide bonds. The summed E-state index contributed by atoms with van der Waals surface area (Å²) in [6.07, 6.45) is 3.26. The van der Waals surface area contributed by atoms with Gasteiger partial charge in [0.15, 0.2) is 0 Å². The van der Waals surface area contributed by atoms with Crippen LogP contribution in [-0.4, -0.2) is 19.3 Å². The van der Waals surface area contributed by atoms with Crippen molar-refractivity contribution in [3.05, 3.63) is 52.2 Å². The maximum atomic E-state index is 14.0. The van der Waals surface area contributed by atoms with E-state index in [1.165, 1.54) is 15.6 Å². The first-order valence-electron chi connectivity index (χ1n) is 7.50. The number of hydrogen-bond acceptors (Lipinski definition) is 3. The van der Waals surface area contributed by atoms with Crippen molar-refractivity contribution in [1.29, 1.82) is 0 Å². The molecule has 0 bridgehead atoms. The fourth-order valence-corrected chi connectivity index (χ4v) is 5.63. The zero-order chi connectivity index (χ0) is 16.4. The van der Waals surface area contributed by atoms with Gasteiger partial charge in [0.1, 0.15) is 16.5 Å². The summed E-state index contributed by atoms with van der Waals surface area (Å²) in [7, 11) is -4.09. The Labute approximate surface area is 138 Å². The van der Waals surface area contributed by atoms with Crippen LogP contribution in [0.3, 0.4) is 0 Å². The molecular weight excluding hydrogens is 340 g/mol. The minimum absolute atomic E-state index is 0.315. The topological polar surface area (TPSA) is 37.4 Å². The molecule has 2 aromatic rings. The largest absolute Gasteiger partial charge is 0.246 e. The molecule has 1 aliphatic heterocycles. The molecule has 0 radical (unpaired) electrons. The molecule has 23 heavy (non-hydrogen) atoms. The second-order valence-corrected chi connectivity index (χ2v) is 8.41. The molecular formula is C16H17F2NO2S2. The van der Waals surface area contributed by atoms with Crippen molar-refractivity contribution in [1.82, 2.24) is 4.31 Å². The number of thiophene rings is 1. The van der Waals surface area contributed by atoms with Crippen molar-refractivity contribution in [2.24, 2.45) is 0 Å². The van der Waals surface area contributed by atoms with Crippen LogP contribution >= 0.6 is 11.3 Å². The van der Waals surface area contributed by atoms with Gasteiger partial charge in [-0.05, 0) is 42.5 Å². The van der Waals surface area contributed by atoms with Crippen molar-refractivity contribution in [3.8, 4) is 0 Å². The first-order valence-corrected chi connectivity index (χ1v) is 9.82. The number of halogens is 2. The van der Waals surface area contributed by atoms with Gasteiger partial charge >= 0.3 is 0 Å². The fourth-order valence-electron chi connectivity index (χ4n) is 2.94. The number of rotatable bonds is 3. The molecule has 0 aliphatic carbocycles. The summed E-state index contributed by atoms with van der Waals surface area (Å²) < 4.78 is 54.7. The predicted octanol–water partition coefficient (Wildman–Crippen LogP) is 4.33. The first-order chi connectivity index (χ1) is 11.0. The van der Waals surface area contributed by atoms with E-state index in [0.717, 1.165) is 42.3 Å². The molecule has 3 nitrogen and oxygen atoms in total. The van der Waals surface area contributed by atoms with E-state index in [0.29, 0.717) is 13.0 Å². The van der Waals surface area contributed by atoms with Crippen LogP contribution in [0.15, 0.2) is 40.6 Å². The molecule has 2 heterocycles. The van der Waals surface area contributed by atoms with Crippen LogP contribution in [-0.2, 0) is 10.0 Å². The summed E-state index contributed by atoms with van der Waals surface area (Å²) in [6, 6.07) is 6.00. The summed E-state index contributed by atoms with van der Waals surface area (Å²) in [5.74, 6) is -1.67. The van der Waals surface area contributed by atoms with E-state index < -0.39 is 26.6 Å². The Morgan fingerprint density at radius 1 is 1.13 bits per heavy atom. The van der Waals surface area contributed by atoms with E-state index in [-0.39, 0.29) is 6.04 Å². The Morgan fingerprint density at radius 2 is 1.96 bits per heavy atom. The zero-order valence-electron chi connectivity index (χ0n) is 12.4. The minimum Gasteiger partial charge on any atom is -0.207 e. The first kappa shape index (κ1) is 16.5. The summed E-state index contributed by atoms with van der Waals surface area (Å²) >= 11 is 1.49. The van der Waals surface area contributed by atoms with Gasteiger partial charge in [-0.1, -0.05) is 18.9 Å². The van der Waals surface area contributed by atoms with Gasteiger partial charge in [0.05, 0.1) is 6.04 Å². The third-order valence-electron chi connectivity index (χ3n) is 4.06. The van der Waals surface area contributed by atoms with Gasteiger partial charge in [-0.25, -0.2) is 17.2 Å². The average molecular weight is 357 g/mol. The lowest BCUT2D eigenvalue weighted by molar-refractivity contribution is 0.331. The Balaban J connectivity index is 2.06. The highest BCUT2D eigenvalue weighted by molar-refractivity contribution is 7.89. The maximum Gasteiger partial charge on any atom is 0.246 e. The van der Waals surface area contributed by atoms with Crippen LogP contribution in [0, 0.1) is 11.6 Å². The van der Waals surface area contributed by atoms with Crippen molar-refractivity contribution < 1.29 is 17.2 Å². The van der Waals surface area contributed by atoms with Gasteiger partial charge in [0.25, 0.3) is 0 Å². The minimum atomic E-state index is -4.09. The smallest absolute Gasteiger partial charge is 0.207 e. The normalized spacial score (nSPS) is 20.3. The van der Waals surface area contributed by atoms with Crippen molar-refractivity contribution in [2.45, 2.75) is 36.6 Å². The summed E-state index contributed by atoms with van der Waals surface area (Å²) in [4.78, 5) is 0.355. The fraction of sp³-hybridized carbons (Fsp3) is 0.375. The van der Waals surface area contributed by atoms with Crippen molar-refractivity contribution >= 4 is 21.4 Å². The zero-order valence-corrected chi connectivity index (χ0v) is 14.0. The van der Waals surface area contributed by atoms with Crippen LogP contribution in [0.1, 0.15) is 36.6 Å². The molecule has 1 aromatic carbocycles. The lowest BCUT2D eigenvalue weighted by atomic mass is 10.1. The molecule has 124 valence electrons. The molecule has 0 spiro atoms. The van der Waals surface area contributed by atoms with E-state index in [4.69, 9.17) is 0 Å². The predicted molar refractivity (Wildman–Crippen MR) is 85.8 cm³/mol. The average Bonchev–Trinajstić information content (AvgIpc) is 2.93. The third-order valence-corrected chi connectivity index (χ3v) is 6.95. The van der Waals surface area contributed by atoms with Gasteiger partial charge in [0, 0.05) is 11.4 Å². The van der Waals surface area contributed by atoms with Crippen molar-refractivity contribution in [2.75, 3.05) is 6.54 Å². The Bertz CT molecular complexity index is 775. The Kier molecular flexibility index (Phi) is 4.79. The SMILES string of the molecule is O=S(=O)(c1cc(F)ccc1F)N1CCCCCC1c1cccs1. The van der Waals surface area contributed by atoms with Crippen molar-refractivity contribution in [3.63, 3.8) is 0 Å². The van der Waals surface area contributed by atoms with Crippen LogP contribution in [0.25, 0.3) is 0 Å². The van der Waals surface area contributed by atoms with E-state index in [9.17, 15) is 17.2 Å². The number of nitrogens with zero attached hydrogens (tertiary/aromatic N) is 1. The summed E-state index contributed by atoms with van der Waals surface area (Å²) in [5, 5.41) is 1.90. The quantitative estimate of drug-likeness (QED) is 0.820. The molecule has 1 fully saturated rings. The molecule has 7 heteroatoms. The molecule has 3 rings (SSSR count). The lowest BCUT2D eigenvalue weighted by Crippen LogP contribution is -2.35. The second-order valence-electron chi connectivity index (χ2n) is 5.57. The van der Waals surface area contributed by atoms with E-state index in [1.54, 1.807) is 0 Å². The highest BCUT2D eigenvalue weighted by Gasteiger charge is 2.35. The molecule has 0 saturated carbocycles. The summed E-state index contributed by atoms with van der Waals surface area (Å²) in [5.41, 5.74) is 0. The Hall–Kier alpha value is -1.31. The molecule has 1 aliphatic rings. The lowest BCUT2D eigenvalue weighted by Gasteiger charge is -2.28. The Morgan fingerprint density at radius 3 is 2.70 bits per heavy atom. The van der Waals surface area contributed by atoms with Gasteiger partial charge in [0.2, 0.25) is 10.0 Å². The maximum absolute atomic E-state index is 14.0. The van der Waals surface area contributed by atoms with Gasteiger partial charge in [-0.3, -0.25) is 0 Å². The van der Waals surface area contributed by atoms with Crippen LogP contribution in [0.2, 0.25) is 0 Å². The van der Waals surface area contributed by atoms with Gasteiger partial charge in [-0.2, -0.15) is 4.31 Å². The molecule has 1 unspecified atom stereocenters. The van der Waals surface area contributed by atoms with Crippen LogP contribution in [0.5, 0.6) is 0 Å². The van der Waals surface area contributed by atoms with Crippen LogP contribution in [0.4, 0.5) is 8.78 Å². The van der Waals surface area contributed by atoms with Gasteiger partial charge < -0.3 is 0 Å². The molecule has 0 N–H and O–H groups in total. The van der Waals surface area contributed by atoms with E-state index in [2.05, 4.69) is 0 Å². The second kappa shape index (κ2) is 6.67. The molecule has 1 atom stereocenters. The van der Waals surface area contributed by atoms with E-state index >= 15 is 0 Å². The highest BCUT2D eigenvalue weighted by atomic mass is 32.2. The number of hydrogen-bond donors (Lipinski definition) is 0. The van der Waals surface area contributed by atoms with Gasteiger partial charge in [-0.15, -0.1) is 11.3 Å². The monoisotopic (exact) mass is 357 g/mol. The standard InChI is InChI=1S/C16H17F2NO2S2/c17-12-7-8-13(18)16(11-12)23(20,21)19-9-3-1-2-5-14(19)15-6-4-10-22-15/h4,6-8,10-11,14H,1-3,5,9H2. The molecule has 1 aromatic heterocycles. The number of sulfonamides is 1.